The minimum atomic E-state index is -0.872. The maximum atomic E-state index is 12.0. The number of thiophene rings is 1. The molecule has 0 aliphatic carbocycles. The number of halogens is 1. The predicted octanol–water partition coefficient (Wildman–Crippen LogP) is 3.45. The summed E-state index contributed by atoms with van der Waals surface area (Å²) in [6.45, 7) is 4.20. The smallest absolute Gasteiger partial charge is 0.325 e. The van der Waals surface area contributed by atoms with Gasteiger partial charge < -0.3 is 16.0 Å². The van der Waals surface area contributed by atoms with Gasteiger partial charge in [0.25, 0.3) is 5.91 Å². The van der Waals surface area contributed by atoms with Crippen LogP contribution >= 0.6 is 27.3 Å². The molecule has 0 radical (unpaired) electrons. The predicted molar refractivity (Wildman–Crippen MR) is 118 cm³/mol. The quantitative estimate of drug-likeness (QED) is 0.385. The molecule has 0 saturated carbocycles. The Morgan fingerprint density at radius 2 is 2.10 bits per heavy atom. The van der Waals surface area contributed by atoms with Crippen molar-refractivity contribution in [3.05, 3.63) is 34.9 Å². The monoisotopic (exact) mass is 474 g/mol. The topological polar surface area (TPSA) is 113 Å². The Morgan fingerprint density at radius 3 is 2.83 bits per heavy atom. The molecule has 1 saturated heterocycles. The van der Waals surface area contributed by atoms with E-state index in [4.69, 9.17) is 5.73 Å². The number of nitrogens with zero attached hydrogens (tertiary/aromatic N) is 3. The van der Waals surface area contributed by atoms with Crippen molar-refractivity contribution >= 4 is 60.9 Å². The molecule has 150 valence electrons. The van der Waals surface area contributed by atoms with Gasteiger partial charge in [0, 0.05) is 29.7 Å². The Morgan fingerprint density at radius 1 is 1.31 bits per heavy atom. The van der Waals surface area contributed by atoms with Gasteiger partial charge >= 0.3 is 6.03 Å². The largest absolute Gasteiger partial charge is 0.399 e. The highest BCUT2D eigenvalue weighted by molar-refractivity contribution is 9.10. The normalized spacial score (nSPS) is 15.8. The molecule has 0 bridgehead atoms. The molecule has 2 aromatic heterocycles. The number of urea groups is 1. The molecule has 4 N–H and O–H groups in total. The molecule has 1 aliphatic rings. The van der Waals surface area contributed by atoms with Crippen molar-refractivity contribution in [2.75, 3.05) is 24.1 Å². The van der Waals surface area contributed by atoms with Gasteiger partial charge in [0.1, 0.15) is 11.2 Å². The van der Waals surface area contributed by atoms with Crippen LogP contribution in [0.15, 0.2) is 34.9 Å². The summed E-state index contributed by atoms with van der Waals surface area (Å²) < 4.78 is 1.91. The average Bonchev–Trinajstić information content (AvgIpc) is 3.16. The zero-order valence-corrected chi connectivity index (χ0v) is 18.2. The Balaban J connectivity index is 1.51. The van der Waals surface area contributed by atoms with E-state index < -0.39 is 5.54 Å². The second-order valence-electron chi connectivity index (χ2n) is 7.19. The van der Waals surface area contributed by atoms with E-state index in [1.165, 1.54) is 4.90 Å². The van der Waals surface area contributed by atoms with Crippen LogP contribution in [0.1, 0.15) is 13.8 Å². The van der Waals surface area contributed by atoms with Crippen LogP contribution in [-0.2, 0) is 4.79 Å². The van der Waals surface area contributed by atoms with Crippen molar-refractivity contribution in [3.8, 4) is 10.6 Å². The number of aromatic nitrogens is 2. The molecule has 1 aliphatic heterocycles. The molecule has 0 atom stereocenters. The second-order valence-corrected chi connectivity index (χ2v) is 9.13. The lowest BCUT2D eigenvalue weighted by molar-refractivity contribution is -0.125. The average molecular weight is 475 g/mol. The molecule has 1 aromatic carbocycles. The van der Waals surface area contributed by atoms with Gasteiger partial charge in [-0.15, -0.1) is 11.3 Å². The minimum absolute atomic E-state index is 0.296. The number of carbonyl (C=O) groups is 2. The van der Waals surface area contributed by atoms with Crippen LogP contribution in [0, 0.1) is 0 Å². The number of rotatable bonds is 5. The molecule has 0 spiro atoms. The van der Waals surface area contributed by atoms with Crippen molar-refractivity contribution < 1.29 is 9.59 Å². The fraction of sp³-hybridized carbons (Fsp3) is 0.263. The number of hydrogen-bond donors (Lipinski definition) is 3. The van der Waals surface area contributed by atoms with Crippen LogP contribution in [-0.4, -0.2) is 45.4 Å². The van der Waals surface area contributed by atoms with E-state index in [-0.39, 0.29) is 11.9 Å². The molecule has 4 rings (SSSR count). The first-order valence-corrected chi connectivity index (χ1v) is 10.6. The summed E-state index contributed by atoms with van der Waals surface area (Å²) in [6, 6.07) is 7.48. The van der Waals surface area contributed by atoms with Gasteiger partial charge in [-0.3, -0.25) is 10.1 Å². The van der Waals surface area contributed by atoms with Gasteiger partial charge in [-0.25, -0.2) is 14.8 Å². The number of anilines is 2. The van der Waals surface area contributed by atoms with E-state index >= 15 is 0 Å². The van der Waals surface area contributed by atoms with E-state index in [9.17, 15) is 9.59 Å². The number of hydrogen-bond acceptors (Lipinski definition) is 7. The third-order valence-corrected chi connectivity index (χ3v) is 6.54. The first-order chi connectivity index (χ1) is 13.8. The van der Waals surface area contributed by atoms with Crippen molar-refractivity contribution in [2.45, 2.75) is 19.4 Å². The van der Waals surface area contributed by atoms with Crippen LogP contribution in [0.2, 0.25) is 0 Å². The summed E-state index contributed by atoms with van der Waals surface area (Å²) in [4.78, 5) is 35.2. The lowest BCUT2D eigenvalue weighted by Crippen LogP contribution is -2.46. The number of carbonyl (C=O) groups excluding carboxylic acids is 2. The summed E-state index contributed by atoms with van der Waals surface area (Å²) in [6.07, 6.45) is 1.69. The van der Waals surface area contributed by atoms with Gasteiger partial charge in [-0.1, -0.05) is 0 Å². The Hall–Kier alpha value is -2.72. The molecule has 3 aromatic rings. The minimum Gasteiger partial charge on any atom is -0.399 e. The highest BCUT2D eigenvalue weighted by Gasteiger charge is 2.44. The molecule has 1 fully saturated rings. The highest BCUT2D eigenvalue weighted by Crippen LogP contribution is 2.36. The van der Waals surface area contributed by atoms with Crippen LogP contribution in [0.25, 0.3) is 20.7 Å². The summed E-state index contributed by atoms with van der Waals surface area (Å²) in [7, 11) is 0. The summed E-state index contributed by atoms with van der Waals surface area (Å²) in [5.74, 6) is 0.152. The van der Waals surface area contributed by atoms with E-state index in [1.807, 2.05) is 18.2 Å². The lowest BCUT2D eigenvalue weighted by atomic mass is 10.0. The lowest BCUT2D eigenvalue weighted by Gasteiger charge is -2.27. The summed E-state index contributed by atoms with van der Waals surface area (Å²) in [5.41, 5.74) is 6.50. The van der Waals surface area contributed by atoms with Gasteiger partial charge in [0.05, 0.1) is 9.35 Å². The van der Waals surface area contributed by atoms with Gasteiger partial charge in [-0.2, -0.15) is 0 Å². The zero-order chi connectivity index (χ0) is 20.8. The third kappa shape index (κ3) is 3.65. The first kappa shape index (κ1) is 19.6. The van der Waals surface area contributed by atoms with Crippen molar-refractivity contribution in [2.24, 2.45) is 0 Å². The summed E-state index contributed by atoms with van der Waals surface area (Å²) >= 11 is 5.15. The standard InChI is InChI=1S/C19H19BrN6O2S/c1-19(2)16(27)25-18(28)26(19)6-5-22-17-23-9-12(20)15(24-17)14-8-10-7-11(21)3-4-13(10)29-14/h3-4,7-9H,5-6,21H2,1-2H3,(H,22,23,24)(H,25,27,28). The van der Waals surface area contributed by atoms with E-state index in [0.717, 1.165) is 30.8 Å². The number of imide groups is 1. The fourth-order valence-electron chi connectivity index (χ4n) is 3.16. The SMILES string of the molecule is CC1(C)C(=O)NC(=O)N1CCNc1ncc(Br)c(-c2cc3cc(N)ccc3s2)n1. The molecule has 3 amide bonds. The van der Waals surface area contributed by atoms with Gasteiger partial charge in [0.15, 0.2) is 0 Å². The highest BCUT2D eigenvalue weighted by atomic mass is 79.9. The maximum absolute atomic E-state index is 12.0. The molecule has 3 heterocycles. The first-order valence-electron chi connectivity index (χ1n) is 8.94. The molecule has 8 nitrogen and oxygen atoms in total. The van der Waals surface area contributed by atoms with E-state index in [2.05, 4.69) is 42.6 Å². The second kappa shape index (κ2) is 7.27. The molecular weight excluding hydrogens is 456 g/mol. The van der Waals surface area contributed by atoms with Crippen LogP contribution in [0.3, 0.4) is 0 Å². The van der Waals surface area contributed by atoms with E-state index in [0.29, 0.717) is 19.0 Å². The van der Waals surface area contributed by atoms with Crippen molar-refractivity contribution in [3.63, 3.8) is 0 Å². The van der Waals surface area contributed by atoms with Crippen LogP contribution in [0.5, 0.6) is 0 Å². The number of fused-ring (bicyclic) bond motifs is 1. The summed E-state index contributed by atoms with van der Waals surface area (Å²) in [5, 5.41) is 6.54. The zero-order valence-electron chi connectivity index (χ0n) is 15.8. The number of nitrogens with one attached hydrogen (secondary N) is 2. The Labute approximate surface area is 179 Å². The Kier molecular flexibility index (Phi) is 4.91. The number of nitrogen functional groups attached to an aromatic ring is 1. The van der Waals surface area contributed by atoms with E-state index in [1.54, 1.807) is 31.4 Å². The van der Waals surface area contributed by atoms with Crippen LogP contribution < -0.4 is 16.4 Å². The van der Waals surface area contributed by atoms with Crippen molar-refractivity contribution in [1.29, 1.82) is 0 Å². The molecular formula is C19H19BrN6O2S. The van der Waals surface area contributed by atoms with Gasteiger partial charge in [-0.05, 0) is 59.4 Å². The van der Waals surface area contributed by atoms with Gasteiger partial charge in [0.2, 0.25) is 5.95 Å². The maximum Gasteiger partial charge on any atom is 0.325 e. The Bertz CT molecular complexity index is 1130. The van der Waals surface area contributed by atoms with Crippen molar-refractivity contribution in [1.82, 2.24) is 20.2 Å². The number of amides is 3. The number of nitrogens with two attached hydrogens (primary N) is 1. The fourth-order valence-corrected chi connectivity index (χ4v) is 4.74. The molecule has 0 unspecified atom stereocenters. The molecule has 10 heteroatoms. The molecule has 29 heavy (non-hydrogen) atoms. The third-order valence-electron chi connectivity index (χ3n) is 4.83. The number of benzene rings is 1. The van der Waals surface area contributed by atoms with Crippen LogP contribution in [0.4, 0.5) is 16.4 Å².